The Morgan fingerprint density at radius 1 is 0.619 bits per heavy atom. The first-order valence-electron chi connectivity index (χ1n) is 15.9. The van der Waals surface area contributed by atoms with E-state index in [1.54, 1.807) is 0 Å². The fraction of sp³-hybridized carbons (Fsp3) is 0.325. The van der Waals surface area contributed by atoms with Crippen molar-refractivity contribution < 1.29 is 4.79 Å². The van der Waals surface area contributed by atoms with Gasteiger partial charge < -0.3 is 5.32 Å². The number of carbonyl (C=O) groups is 1. The lowest BCUT2D eigenvalue weighted by molar-refractivity contribution is -0.116. The van der Waals surface area contributed by atoms with Crippen LogP contribution < -0.4 is 5.32 Å². The summed E-state index contributed by atoms with van der Waals surface area (Å²) in [6.07, 6.45) is 11.4. The summed E-state index contributed by atoms with van der Waals surface area (Å²) >= 11 is 0. The molecule has 4 aromatic rings. The molecule has 0 heterocycles. The summed E-state index contributed by atoms with van der Waals surface area (Å²) in [5, 5.41) is 2.88. The number of hydrogen-bond acceptors (Lipinski definition) is 1. The van der Waals surface area contributed by atoms with Gasteiger partial charge in [-0.25, -0.2) is 0 Å². The largest absolute Gasteiger partial charge is 0.353 e. The molecule has 0 atom stereocenters. The Balaban J connectivity index is 1.50. The molecular weight excluding hydrogens is 510 g/mol. The minimum Gasteiger partial charge on any atom is -0.353 e. The molecule has 0 spiro atoms. The number of nitrogens with one attached hydrogen (secondary N) is 1. The monoisotopic (exact) mass is 557 g/mol. The first-order chi connectivity index (χ1) is 20.6. The molecule has 42 heavy (non-hydrogen) atoms. The van der Waals surface area contributed by atoms with Gasteiger partial charge in [-0.1, -0.05) is 132 Å². The Kier molecular flexibility index (Phi) is 11.8. The van der Waals surface area contributed by atoms with Crippen LogP contribution in [0.3, 0.4) is 0 Å². The molecule has 0 aliphatic carbocycles. The number of aryl methyl sites for hydroxylation is 4. The number of benzene rings is 4. The molecule has 4 rings (SSSR count). The lowest BCUT2D eigenvalue weighted by Crippen LogP contribution is -2.22. The number of carbonyl (C=O) groups excluding carboxylic acids is 1. The van der Waals surface area contributed by atoms with Crippen molar-refractivity contribution in [3.63, 3.8) is 0 Å². The van der Waals surface area contributed by atoms with Crippen LogP contribution in [-0.2, 0) is 30.5 Å². The molecule has 218 valence electrons. The van der Waals surface area contributed by atoms with Crippen LogP contribution in [0.5, 0.6) is 0 Å². The molecule has 0 aliphatic heterocycles. The van der Waals surface area contributed by atoms with Crippen LogP contribution >= 0.6 is 0 Å². The van der Waals surface area contributed by atoms with Gasteiger partial charge in [-0.15, -0.1) is 0 Å². The second-order valence-corrected chi connectivity index (χ2v) is 11.3. The van der Waals surface area contributed by atoms with Crippen molar-refractivity contribution in [2.45, 2.75) is 78.6 Å². The van der Waals surface area contributed by atoms with Crippen LogP contribution in [0.15, 0.2) is 97.6 Å². The van der Waals surface area contributed by atoms with E-state index >= 15 is 0 Å². The Bertz CT molecular complexity index is 1450. The first-order valence-corrected chi connectivity index (χ1v) is 15.9. The maximum atomic E-state index is 11.4. The second-order valence-electron chi connectivity index (χ2n) is 11.3. The SMILES string of the molecule is C=CC(=O)NCCCc1ccc(-c2ccc(-c3ccc(-c4ccc(CCCCC)cc4)cc3)cc2CCC)cc1CC. The molecule has 1 amide bonds. The van der Waals surface area contributed by atoms with E-state index in [0.717, 1.165) is 32.1 Å². The third-order valence-corrected chi connectivity index (χ3v) is 8.20. The molecule has 0 unspecified atom stereocenters. The van der Waals surface area contributed by atoms with Gasteiger partial charge in [-0.2, -0.15) is 0 Å². The van der Waals surface area contributed by atoms with E-state index in [2.05, 4.69) is 118 Å². The zero-order valence-corrected chi connectivity index (χ0v) is 25.8. The zero-order valence-electron chi connectivity index (χ0n) is 25.8. The zero-order chi connectivity index (χ0) is 29.7. The standard InChI is InChI=1S/C40H47NO/c1-5-9-10-13-30-15-17-33(18-16-30)34-19-21-35(22-20-34)36-25-26-39(37(29-36)12-6-2)38-24-23-32(31(7-3)28-38)14-11-27-41-40(42)8-4/h8,15-26,28-29H,4-7,9-14,27H2,1-3H3,(H,41,42). The van der Waals surface area contributed by atoms with E-state index in [4.69, 9.17) is 0 Å². The summed E-state index contributed by atoms with van der Waals surface area (Å²) < 4.78 is 0. The average molecular weight is 558 g/mol. The summed E-state index contributed by atoms with van der Waals surface area (Å²) in [6, 6.07) is 32.0. The van der Waals surface area contributed by atoms with Crippen molar-refractivity contribution in [2.75, 3.05) is 6.54 Å². The summed E-state index contributed by atoms with van der Waals surface area (Å²) in [4.78, 5) is 11.4. The lowest BCUT2D eigenvalue weighted by atomic mass is 9.90. The van der Waals surface area contributed by atoms with Gasteiger partial charge in [-0.3, -0.25) is 4.79 Å². The van der Waals surface area contributed by atoms with Gasteiger partial charge in [0.25, 0.3) is 0 Å². The predicted molar refractivity (Wildman–Crippen MR) is 181 cm³/mol. The quantitative estimate of drug-likeness (QED) is 0.114. The maximum Gasteiger partial charge on any atom is 0.243 e. The smallest absolute Gasteiger partial charge is 0.243 e. The molecule has 0 radical (unpaired) electrons. The molecular formula is C40H47NO. The van der Waals surface area contributed by atoms with Crippen LogP contribution in [-0.4, -0.2) is 12.5 Å². The highest BCUT2D eigenvalue weighted by Crippen LogP contribution is 2.32. The van der Waals surface area contributed by atoms with Gasteiger partial charge in [0.15, 0.2) is 0 Å². The summed E-state index contributed by atoms with van der Waals surface area (Å²) in [5.41, 5.74) is 13.3. The topological polar surface area (TPSA) is 29.1 Å². The van der Waals surface area contributed by atoms with Gasteiger partial charge in [-0.05, 0) is 100 Å². The minimum absolute atomic E-state index is 0.105. The molecule has 1 N–H and O–H groups in total. The molecule has 0 fully saturated rings. The average Bonchev–Trinajstić information content (AvgIpc) is 3.03. The van der Waals surface area contributed by atoms with Crippen LogP contribution in [0.25, 0.3) is 33.4 Å². The van der Waals surface area contributed by atoms with Gasteiger partial charge in [0.2, 0.25) is 5.91 Å². The van der Waals surface area contributed by atoms with E-state index in [1.165, 1.54) is 87.4 Å². The number of amides is 1. The van der Waals surface area contributed by atoms with Crippen molar-refractivity contribution in [3.8, 4) is 33.4 Å². The van der Waals surface area contributed by atoms with Crippen molar-refractivity contribution in [1.29, 1.82) is 0 Å². The Morgan fingerprint density at radius 3 is 1.88 bits per heavy atom. The second kappa shape index (κ2) is 15.9. The third kappa shape index (κ3) is 8.32. The molecule has 0 aromatic heterocycles. The van der Waals surface area contributed by atoms with Crippen LogP contribution in [0.1, 0.15) is 75.1 Å². The molecule has 4 aromatic carbocycles. The summed E-state index contributed by atoms with van der Waals surface area (Å²) in [7, 11) is 0. The van der Waals surface area contributed by atoms with Gasteiger partial charge >= 0.3 is 0 Å². The van der Waals surface area contributed by atoms with Crippen LogP contribution in [0.4, 0.5) is 0 Å². The molecule has 0 aliphatic rings. The van der Waals surface area contributed by atoms with E-state index in [0.29, 0.717) is 6.54 Å². The van der Waals surface area contributed by atoms with E-state index in [-0.39, 0.29) is 5.91 Å². The third-order valence-electron chi connectivity index (χ3n) is 8.20. The number of unbranched alkanes of at least 4 members (excludes halogenated alkanes) is 2. The van der Waals surface area contributed by atoms with Gasteiger partial charge in [0.1, 0.15) is 0 Å². The number of hydrogen-bond donors (Lipinski definition) is 1. The van der Waals surface area contributed by atoms with E-state index < -0.39 is 0 Å². The summed E-state index contributed by atoms with van der Waals surface area (Å²) in [5.74, 6) is -0.105. The first kappa shape index (κ1) is 31.0. The highest BCUT2D eigenvalue weighted by molar-refractivity contribution is 5.86. The van der Waals surface area contributed by atoms with Crippen LogP contribution in [0, 0.1) is 0 Å². The normalized spacial score (nSPS) is 10.9. The summed E-state index contributed by atoms with van der Waals surface area (Å²) in [6.45, 7) is 10.9. The van der Waals surface area contributed by atoms with Crippen molar-refractivity contribution in [1.82, 2.24) is 5.32 Å². The van der Waals surface area contributed by atoms with Gasteiger partial charge in [0.05, 0.1) is 0 Å². The Morgan fingerprint density at radius 2 is 1.24 bits per heavy atom. The van der Waals surface area contributed by atoms with Crippen molar-refractivity contribution in [3.05, 3.63) is 120 Å². The predicted octanol–water partition coefficient (Wildman–Crippen LogP) is 10.2. The minimum atomic E-state index is -0.105. The molecule has 0 saturated carbocycles. The maximum absolute atomic E-state index is 11.4. The Labute approximate surface area is 253 Å². The molecule has 0 saturated heterocycles. The highest BCUT2D eigenvalue weighted by Gasteiger charge is 2.11. The van der Waals surface area contributed by atoms with E-state index in [9.17, 15) is 4.79 Å². The molecule has 2 heteroatoms. The van der Waals surface area contributed by atoms with Gasteiger partial charge in [0, 0.05) is 6.54 Å². The number of rotatable bonds is 15. The molecule has 0 bridgehead atoms. The fourth-order valence-corrected chi connectivity index (χ4v) is 5.76. The Hall–Kier alpha value is -3.91. The fourth-order valence-electron chi connectivity index (χ4n) is 5.76. The van der Waals surface area contributed by atoms with Crippen molar-refractivity contribution in [2.24, 2.45) is 0 Å². The molecule has 2 nitrogen and oxygen atoms in total. The van der Waals surface area contributed by atoms with E-state index in [1.807, 2.05) is 0 Å². The van der Waals surface area contributed by atoms with Crippen molar-refractivity contribution >= 4 is 5.91 Å². The lowest BCUT2D eigenvalue weighted by Gasteiger charge is -2.15. The highest BCUT2D eigenvalue weighted by atomic mass is 16.1. The van der Waals surface area contributed by atoms with Crippen LogP contribution in [0.2, 0.25) is 0 Å².